The van der Waals surface area contributed by atoms with Crippen molar-refractivity contribution in [2.75, 3.05) is 6.61 Å². The summed E-state index contributed by atoms with van der Waals surface area (Å²) in [5.74, 6) is 0.238. The van der Waals surface area contributed by atoms with Gasteiger partial charge in [-0.1, -0.05) is 42.8 Å². The van der Waals surface area contributed by atoms with Gasteiger partial charge in [0.2, 0.25) is 5.91 Å². The van der Waals surface area contributed by atoms with E-state index in [1.807, 2.05) is 58.0 Å². The largest absolute Gasteiger partial charge is 0.483 e. The zero-order valence-corrected chi connectivity index (χ0v) is 19.1. The van der Waals surface area contributed by atoms with E-state index in [2.05, 4.69) is 5.32 Å². The number of carbonyl (C=O) groups is 2. The van der Waals surface area contributed by atoms with Crippen LogP contribution in [0, 0.1) is 13.8 Å². The SMILES string of the molecule is CC[C@H](C)NC(=O)[C@@H](C)N(Cc1ccc(Cl)cc1)C(=O)COc1cc(C)ccc1C. The van der Waals surface area contributed by atoms with E-state index >= 15 is 0 Å². The van der Waals surface area contributed by atoms with Crippen LogP contribution in [-0.2, 0) is 16.1 Å². The second kappa shape index (κ2) is 11.0. The van der Waals surface area contributed by atoms with E-state index in [1.165, 1.54) is 0 Å². The van der Waals surface area contributed by atoms with Gasteiger partial charge in [-0.05, 0) is 69.0 Å². The molecule has 2 aromatic carbocycles. The number of halogens is 1. The zero-order valence-electron chi connectivity index (χ0n) is 18.4. The zero-order chi connectivity index (χ0) is 22.3. The van der Waals surface area contributed by atoms with Crippen molar-refractivity contribution in [2.45, 2.75) is 59.7 Å². The van der Waals surface area contributed by atoms with Crippen LogP contribution < -0.4 is 10.1 Å². The predicted octanol–water partition coefficient (Wildman–Crippen LogP) is 4.67. The van der Waals surface area contributed by atoms with Crippen molar-refractivity contribution in [3.8, 4) is 5.75 Å². The molecule has 2 rings (SSSR count). The highest BCUT2D eigenvalue weighted by Crippen LogP contribution is 2.20. The number of benzene rings is 2. The van der Waals surface area contributed by atoms with E-state index in [9.17, 15) is 9.59 Å². The van der Waals surface area contributed by atoms with Crippen LogP contribution in [0.15, 0.2) is 42.5 Å². The van der Waals surface area contributed by atoms with Crippen molar-refractivity contribution in [3.05, 3.63) is 64.2 Å². The molecule has 0 bridgehead atoms. The van der Waals surface area contributed by atoms with Gasteiger partial charge in [-0.15, -0.1) is 0 Å². The van der Waals surface area contributed by atoms with Crippen molar-refractivity contribution >= 4 is 23.4 Å². The molecular weight excluding hydrogens is 400 g/mol. The standard InChI is InChI=1S/C24H31ClN2O3/c1-6-18(4)26-24(29)19(5)27(14-20-9-11-21(25)12-10-20)23(28)15-30-22-13-16(2)7-8-17(22)3/h7-13,18-19H,6,14-15H2,1-5H3,(H,26,29)/t18-,19+/m0/s1. The minimum absolute atomic E-state index is 0.0404. The Labute approximate surface area is 184 Å². The van der Waals surface area contributed by atoms with Gasteiger partial charge >= 0.3 is 0 Å². The second-order valence-corrected chi connectivity index (χ2v) is 8.14. The normalized spacial score (nSPS) is 12.7. The Morgan fingerprint density at radius 3 is 2.40 bits per heavy atom. The van der Waals surface area contributed by atoms with E-state index in [1.54, 1.807) is 24.0 Å². The molecule has 0 aromatic heterocycles. The number of nitrogens with zero attached hydrogens (tertiary/aromatic N) is 1. The third-order valence-electron chi connectivity index (χ3n) is 5.13. The Morgan fingerprint density at radius 2 is 1.77 bits per heavy atom. The molecule has 1 N–H and O–H groups in total. The Bertz CT molecular complexity index is 867. The predicted molar refractivity (Wildman–Crippen MR) is 121 cm³/mol. The summed E-state index contributed by atoms with van der Waals surface area (Å²) in [5.41, 5.74) is 2.91. The molecule has 0 aliphatic heterocycles. The Hall–Kier alpha value is -2.53. The molecule has 0 unspecified atom stereocenters. The molecule has 0 saturated heterocycles. The highest BCUT2D eigenvalue weighted by atomic mass is 35.5. The quantitative estimate of drug-likeness (QED) is 0.629. The van der Waals surface area contributed by atoms with Crippen LogP contribution in [0.4, 0.5) is 0 Å². The number of nitrogens with one attached hydrogen (secondary N) is 1. The molecular formula is C24H31ClN2O3. The Balaban J connectivity index is 2.17. The van der Waals surface area contributed by atoms with E-state index in [-0.39, 0.29) is 24.5 Å². The van der Waals surface area contributed by atoms with Crippen LogP contribution in [0.1, 0.15) is 43.9 Å². The maximum atomic E-state index is 13.1. The third-order valence-corrected chi connectivity index (χ3v) is 5.38. The number of aryl methyl sites for hydroxylation is 2. The van der Waals surface area contributed by atoms with Gasteiger partial charge in [0.05, 0.1) is 0 Å². The molecule has 5 nitrogen and oxygen atoms in total. The van der Waals surface area contributed by atoms with Gasteiger partial charge in [0.25, 0.3) is 5.91 Å². The molecule has 2 aromatic rings. The molecule has 30 heavy (non-hydrogen) atoms. The van der Waals surface area contributed by atoms with Crippen LogP contribution in [0.5, 0.6) is 5.75 Å². The molecule has 2 atom stereocenters. The first-order valence-electron chi connectivity index (χ1n) is 10.3. The first-order chi connectivity index (χ1) is 14.2. The first-order valence-corrected chi connectivity index (χ1v) is 10.6. The first kappa shape index (κ1) is 23.7. The maximum Gasteiger partial charge on any atom is 0.261 e. The number of rotatable bonds is 9. The average molecular weight is 431 g/mol. The molecule has 0 aliphatic carbocycles. The highest BCUT2D eigenvalue weighted by Gasteiger charge is 2.27. The van der Waals surface area contributed by atoms with Crippen molar-refractivity contribution < 1.29 is 14.3 Å². The van der Waals surface area contributed by atoms with Gasteiger partial charge in [0.15, 0.2) is 6.61 Å². The van der Waals surface area contributed by atoms with Crippen LogP contribution in [0.3, 0.4) is 0 Å². The third kappa shape index (κ3) is 6.77. The lowest BCUT2D eigenvalue weighted by atomic mass is 10.1. The summed E-state index contributed by atoms with van der Waals surface area (Å²) in [6.45, 7) is 9.75. The van der Waals surface area contributed by atoms with Crippen LogP contribution >= 0.6 is 11.6 Å². The number of amides is 2. The van der Waals surface area contributed by atoms with Gasteiger partial charge in [-0.3, -0.25) is 9.59 Å². The van der Waals surface area contributed by atoms with Crippen LogP contribution in [-0.4, -0.2) is 35.4 Å². The summed E-state index contributed by atoms with van der Waals surface area (Å²) in [6, 6.07) is 12.5. The lowest BCUT2D eigenvalue weighted by Gasteiger charge is -2.29. The smallest absolute Gasteiger partial charge is 0.261 e. The number of carbonyl (C=O) groups excluding carboxylic acids is 2. The number of hydrogen-bond donors (Lipinski definition) is 1. The van der Waals surface area contributed by atoms with Crippen molar-refractivity contribution in [2.24, 2.45) is 0 Å². The lowest BCUT2D eigenvalue weighted by molar-refractivity contribution is -0.142. The summed E-state index contributed by atoms with van der Waals surface area (Å²) >= 11 is 5.98. The summed E-state index contributed by atoms with van der Waals surface area (Å²) in [7, 11) is 0. The average Bonchev–Trinajstić information content (AvgIpc) is 2.73. The summed E-state index contributed by atoms with van der Waals surface area (Å²) < 4.78 is 5.81. The van der Waals surface area contributed by atoms with Gasteiger partial charge in [0.1, 0.15) is 11.8 Å². The minimum Gasteiger partial charge on any atom is -0.483 e. The molecule has 0 heterocycles. The van der Waals surface area contributed by atoms with Gasteiger partial charge in [0, 0.05) is 17.6 Å². The van der Waals surface area contributed by atoms with E-state index in [0.717, 1.165) is 23.1 Å². The molecule has 0 aliphatic rings. The summed E-state index contributed by atoms with van der Waals surface area (Å²) in [6.07, 6.45) is 0.819. The lowest BCUT2D eigenvalue weighted by Crippen LogP contribution is -2.50. The molecule has 0 fully saturated rings. The van der Waals surface area contributed by atoms with E-state index in [0.29, 0.717) is 17.3 Å². The topological polar surface area (TPSA) is 58.6 Å². The second-order valence-electron chi connectivity index (χ2n) is 7.70. The van der Waals surface area contributed by atoms with E-state index in [4.69, 9.17) is 16.3 Å². The fourth-order valence-corrected chi connectivity index (χ4v) is 3.05. The fourth-order valence-electron chi connectivity index (χ4n) is 2.92. The van der Waals surface area contributed by atoms with Gasteiger partial charge < -0.3 is 15.0 Å². The summed E-state index contributed by atoms with van der Waals surface area (Å²) in [4.78, 5) is 27.3. The van der Waals surface area contributed by atoms with Gasteiger partial charge in [-0.2, -0.15) is 0 Å². The molecule has 0 radical (unpaired) electrons. The molecule has 6 heteroatoms. The number of ether oxygens (including phenoxy) is 1. The minimum atomic E-state index is -0.635. The molecule has 0 saturated carbocycles. The summed E-state index contributed by atoms with van der Waals surface area (Å²) in [5, 5.41) is 3.58. The monoisotopic (exact) mass is 430 g/mol. The van der Waals surface area contributed by atoms with Crippen LogP contribution in [0.2, 0.25) is 5.02 Å². The van der Waals surface area contributed by atoms with E-state index < -0.39 is 6.04 Å². The van der Waals surface area contributed by atoms with Crippen molar-refractivity contribution in [3.63, 3.8) is 0 Å². The maximum absolute atomic E-state index is 13.1. The highest BCUT2D eigenvalue weighted by molar-refractivity contribution is 6.30. The molecule has 0 spiro atoms. The van der Waals surface area contributed by atoms with Crippen molar-refractivity contribution in [1.29, 1.82) is 0 Å². The Morgan fingerprint density at radius 1 is 1.10 bits per heavy atom. The number of hydrogen-bond acceptors (Lipinski definition) is 3. The molecule has 2 amide bonds. The van der Waals surface area contributed by atoms with Crippen LogP contribution in [0.25, 0.3) is 0 Å². The molecule has 162 valence electrons. The van der Waals surface area contributed by atoms with Gasteiger partial charge in [-0.25, -0.2) is 0 Å². The Kier molecular flexibility index (Phi) is 8.72. The fraction of sp³-hybridized carbons (Fsp3) is 0.417. The van der Waals surface area contributed by atoms with Crippen molar-refractivity contribution in [1.82, 2.24) is 10.2 Å².